The molecule has 0 aliphatic heterocycles. The smallest absolute Gasteiger partial charge is 0.338 e. The van der Waals surface area contributed by atoms with Gasteiger partial charge in [-0.15, -0.1) is 0 Å². The largest absolute Gasteiger partial charge is 0.459 e. The van der Waals surface area contributed by atoms with Crippen LogP contribution >= 0.6 is 34.8 Å². The number of carbonyl (C=O) groups is 3. The van der Waals surface area contributed by atoms with Crippen LogP contribution in [0.1, 0.15) is 27.1 Å². The van der Waals surface area contributed by atoms with Crippen LogP contribution in [-0.4, -0.2) is 45.5 Å². The molecular weight excluding hydrogens is 431 g/mol. The molecule has 9 heteroatoms. The first-order chi connectivity index (χ1) is 13.1. The number of ketones is 1. The summed E-state index contributed by atoms with van der Waals surface area (Å²) in [6.45, 7) is -0.749. The maximum atomic E-state index is 12.7. The van der Waals surface area contributed by atoms with Gasteiger partial charge in [0.05, 0.1) is 12.0 Å². The fraction of sp³-hybridized carbons (Fsp3) is 0.211. The van der Waals surface area contributed by atoms with Gasteiger partial charge in [0.15, 0.2) is 11.4 Å². The molecule has 0 aromatic heterocycles. The number of rotatable bonds is 8. The Balaban J connectivity index is 2.17. The molecule has 2 aromatic rings. The highest BCUT2D eigenvalue weighted by Crippen LogP contribution is 2.25. The van der Waals surface area contributed by atoms with E-state index in [0.29, 0.717) is 10.0 Å². The standard InChI is InChI=1S/C19H15Cl3O6/c20-13-5-1-11(2-6-13)17(25)19(27,9-16(22)24)15(23)10-28-18(26)12-3-7-14(21)8-4-12/h1-8,15,23,27H,9-10H2/t15-,19+/m1/s1. The van der Waals surface area contributed by atoms with E-state index >= 15 is 0 Å². The number of aliphatic hydroxyl groups is 2. The van der Waals surface area contributed by atoms with E-state index in [1.165, 1.54) is 48.5 Å². The highest BCUT2D eigenvalue weighted by Gasteiger charge is 2.45. The van der Waals surface area contributed by atoms with Crippen LogP contribution in [-0.2, 0) is 9.53 Å². The third-order valence-corrected chi connectivity index (χ3v) is 4.55. The van der Waals surface area contributed by atoms with Gasteiger partial charge in [0.1, 0.15) is 12.7 Å². The van der Waals surface area contributed by atoms with Crippen molar-refractivity contribution in [1.29, 1.82) is 0 Å². The Labute approximate surface area is 175 Å². The molecule has 28 heavy (non-hydrogen) atoms. The van der Waals surface area contributed by atoms with E-state index in [1.807, 2.05) is 0 Å². The summed E-state index contributed by atoms with van der Waals surface area (Å²) in [5.41, 5.74) is -2.45. The van der Waals surface area contributed by atoms with Crippen LogP contribution in [0.4, 0.5) is 0 Å². The first-order valence-electron chi connectivity index (χ1n) is 7.95. The first-order valence-corrected chi connectivity index (χ1v) is 9.08. The molecule has 0 bridgehead atoms. The molecule has 0 saturated carbocycles. The third-order valence-electron chi connectivity index (χ3n) is 3.91. The molecule has 0 saturated heterocycles. The predicted octanol–water partition coefficient (Wildman–Crippen LogP) is 3.28. The summed E-state index contributed by atoms with van der Waals surface area (Å²) in [7, 11) is 0. The van der Waals surface area contributed by atoms with Crippen LogP contribution in [0, 0.1) is 0 Å². The number of hydrogen-bond donors (Lipinski definition) is 2. The maximum Gasteiger partial charge on any atom is 0.338 e. The normalized spacial score (nSPS) is 14.0. The van der Waals surface area contributed by atoms with Gasteiger partial charge in [-0.05, 0) is 60.1 Å². The third kappa shape index (κ3) is 5.53. The predicted molar refractivity (Wildman–Crippen MR) is 104 cm³/mol. The molecule has 2 atom stereocenters. The summed E-state index contributed by atoms with van der Waals surface area (Å²) in [4.78, 5) is 36.1. The maximum absolute atomic E-state index is 12.7. The van der Waals surface area contributed by atoms with Crippen LogP contribution in [0.25, 0.3) is 0 Å². The van der Waals surface area contributed by atoms with E-state index < -0.39 is 41.7 Å². The Hall–Kier alpha value is -1.96. The van der Waals surface area contributed by atoms with Gasteiger partial charge in [-0.1, -0.05) is 23.2 Å². The summed E-state index contributed by atoms with van der Waals surface area (Å²) in [6, 6.07) is 11.2. The van der Waals surface area contributed by atoms with Crippen molar-refractivity contribution >= 4 is 51.8 Å². The Bertz CT molecular complexity index is 866. The average Bonchev–Trinajstić information content (AvgIpc) is 2.65. The molecule has 0 fully saturated rings. The molecule has 0 radical (unpaired) electrons. The number of halogens is 3. The van der Waals surface area contributed by atoms with Gasteiger partial charge in [0.2, 0.25) is 5.24 Å². The topological polar surface area (TPSA) is 101 Å². The van der Waals surface area contributed by atoms with Crippen molar-refractivity contribution < 1.29 is 29.3 Å². The van der Waals surface area contributed by atoms with Crippen molar-refractivity contribution in [1.82, 2.24) is 0 Å². The number of carbonyl (C=O) groups excluding carboxylic acids is 3. The van der Waals surface area contributed by atoms with Crippen LogP contribution in [0.5, 0.6) is 0 Å². The van der Waals surface area contributed by atoms with Crippen molar-refractivity contribution in [3.63, 3.8) is 0 Å². The number of Topliss-reactive ketones (excluding diaryl/α,β-unsaturated/α-hetero) is 1. The van der Waals surface area contributed by atoms with Gasteiger partial charge in [-0.25, -0.2) is 4.79 Å². The molecule has 0 aliphatic carbocycles. The van der Waals surface area contributed by atoms with Crippen molar-refractivity contribution in [2.45, 2.75) is 18.1 Å². The summed E-state index contributed by atoms with van der Waals surface area (Å²) < 4.78 is 4.94. The number of ether oxygens (including phenoxy) is 1. The van der Waals surface area contributed by atoms with E-state index in [2.05, 4.69) is 0 Å². The van der Waals surface area contributed by atoms with Crippen molar-refractivity contribution in [2.75, 3.05) is 6.61 Å². The molecule has 6 nitrogen and oxygen atoms in total. The van der Waals surface area contributed by atoms with E-state index in [9.17, 15) is 24.6 Å². The van der Waals surface area contributed by atoms with Crippen LogP contribution < -0.4 is 0 Å². The lowest BCUT2D eigenvalue weighted by atomic mass is 9.85. The van der Waals surface area contributed by atoms with Crippen LogP contribution in [0.2, 0.25) is 10.0 Å². The average molecular weight is 446 g/mol. The second-order valence-electron chi connectivity index (χ2n) is 5.91. The van der Waals surface area contributed by atoms with Gasteiger partial charge in [-0.2, -0.15) is 0 Å². The Morgan fingerprint density at radius 1 is 0.929 bits per heavy atom. The zero-order valence-corrected chi connectivity index (χ0v) is 16.5. The zero-order chi connectivity index (χ0) is 20.9. The van der Waals surface area contributed by atoms with Gasteiger partial charge in [0, 0.05) is 15.6 Å². The summed E-state index contributed by atoms with van der Waals surface area (Å²) in [6.07, 6.45) is -2.79. The van der Waals surface area contributed by atoms with E-state index in [4.69, 9.17) is 39.5 Å². The molecule has 0 amide bonds. The fourth-order valence-corrected chi connectivity index (χ4v) is 2.83. The molecular formula is C19H15Cl3O6. The van der Waals surface area contributed by atoms with Crippen molar-refractivity contribution in [3.05, 3.63) is 69.7 Å². The summed E-state index contributed by atoms with van der Waals surface area (Å²) >= 11 is 16.8. The second kappa shape index (κ2) is 9.49. The second-order valence-corrected chi connectivity index (χ2v) is 7.21. The molecule has 2 N–H and O–H groups in total. The monoisotopic (exact) mass is 444 g/mol. The van der Waals surface area contributed by atoms with E-state index in [0.717, 1.165) is 0 Å². The van der Waals surface area contributed by atoms with E-state index in [1.54, 1.807) is 0 Å². The molecule has 0 spiro atoms. The number of hydrogen-bond acceptors (Lipinski definition) is 6. The molecule has 0 aliphatic rings. The van der Waals surface area contributed by atoms with Crippen molar-refractivity contribution in [2.24, 2.45) is 0 Å². The van der Waals surface area contributed by atoms with Gasteiger partial charge >= 0.3 is 5.97 Å². The minimum Gasteiger partial charge on any atom is -0.459 e. The summed E-state index contributed by atoms with van der Waals surface area (Å²) in [5, 5.41) is 20.8. The van der Waals surface area contributed by atoms with Crippen molar-refractivity contribution in [3.8, 4) is 0 Å². The first kappa shape index (κ1) is 22.3. The minimum absolute atomic E-state index is 0.00658. The molecule has 148 valence electrons. The lowest BCUT2D eigenvalue weighted by Crippen LogP contribution is -2.52. The Morgan fingerprint density at radius 2 is 1.39 bits per heavy atom. The highest BCUT2D eigenvalue weighted by molar-refractivity contribution is 6.63. The Kier molecular flexibility index (Phi) is 7.57. The SMILES string of the molecule is O=C(Cl)C[C@@](O)(C(=O)c1ccc(Cl)cc1)[C@H](O)COC(=O)c1ccc(Cl)cc1. The zero-order valence-electron chi connectivity index (χ0n) is 14.3. The lowest BCUT2D eigenvalue weighted by molar-refractivity contribution is -0.121. The number of benzene rings is 2. The quantitative estimate of drug-likeness (QED) is 0.367. The number of aliphatic hydroxyl groups excluding tert-OH is 1. The van der Waals surface area contributed by atoms with E-state index in [-0.39, 0.29) is 11.1 Å². The highest BCUT2D eigenvalue weighted by atomic mass is 35.5. The molecule has 2 rings (SSSR count). The van der Waals surface area contributed by atoms with Gasteiger partial charge < -0.3 is 14.9 Å². The van der Waals surface area contributed by atoms with Crippen LogP contribution in [0.15, 0.2) is 48.5 Å². The Morgan fingerprint density at radius 3 is 1.86 bits per heavy atom. The van der Waals surface area contributed by atoms with Gasteiger partial charge in [-0.3, -0.25) is 9.59 Å². The number of esters is 1. The minimum atomic E-state index is -2.59. The van der Waals surface area contributed by atoms with Crippen LogP contribution in [0.3, 0.4) is 0 Å². The molecule has 0 unspecified atom stereocenters. The van der Waals surface area contributed by atoms with Gasteiger partial charge in [0.25, 0.3) is 0 Å². The lowest BCUT2D eigenvalue weighted by Gasteiger charge is -2.30. The fourth-order valence-electron chi connectivity index (χ4n) is 2.37. The molecule has 0 heterocycles. The molecule has 2 aromatic carbocycles. The summed E-state index contributed by atoms with van der Waals surface area (Å²) in [5.74, 6) is -1.78.